The number of hydrogen-bond acceptors (Lipinski definition) is 4. The first-order chi connectivity index (χ1) is 13.3. The molecule has 0 unspecified atom stereocenters. The quantitative estimate of drug-likeness (QED) is 0.701. The molecule has 152 valence electrons. The van der Waals surface area contributed by atoms with Gasteiger partial charge in [-0.15, -0.1) is 0 Å². The second kappa shape index (κ2) is 10.0. The Morgan fingerprint density at radius 1 is 0.964 bits per heavy atom. The molecule has 5 nitrogen and oxygen atoms in total. The summed E-state index contributed by atoms with van der Waals surface area (Å²) in [4.78, 5) is 12.4. The molecule has 2 rings (SSSR count). The van der Waals surface area contributed by atoms with Crippen molar-refractivity contribution in [1.29, 1.82) is 0 Å². The van der Waals surface area contributed by atoms with Gasteiger partial charge in [-0.2, -0.15) is 0 Å². The van der Waals surface area contributed by atoms with Crippen LogP contribution >= 0.6 is 0 Å². The molecule has 0 saturated carbocycles. The molecule has 0 fully saturated rings. The van der Waals surface area contributed by atoms with Crippen LogP contribution < -0.4 is 19.5 Å². The van der Waals surface area contributed by atoms with E-state index in [9.17, 15) is 4.79 Å². The highest BCUT2D eigenvalue weighted by Crippen LogP contribution is 2.29. The zero-order chi connectivity index (χ0) is 20.7. The van der Waals surface area contributed by atoms with Crippen LogP contribution in [0.1, 0.15) is 43.4 Å². The predicted octanol–water partition coefficient (Wildman–Crippen LogP) is 4.26. The van der Waals surface area contributed by atoms with Gasteiger partial charge in [0.1, 0.15) is 5.75 Å². The summed E-state index contributed by atoms with van der Waals surface area (Å²) in [5, 5.41) is 2.94. The third kappa shape index (κ3) is 5.65. The third-order valence-electron chi connectivity index (χ3n) is 4.62. The molecule has 28 heavy (non-hydrogen) atoms. The highest BCUT2D eigenvalue weighted by Gasteiger charge is 2.17. The molecule has 0 aliphatic carbocycles. The average Bonchev–Trinajstić information content (AvgIpc) is 2.67. The van der Waals surface area contributed by atoms with E-state index in [0.29, 0.717) is 30.4 Å². The summed E-state index contributed by atoms with van der Waals surface area (Å²) < 4.78 is 16.5. The highest BCUT2D eigenvalue weighted by atomic mass is 16.5. The lowest BCUT2D eigenvalue weighted by Crippen LogP contribution is -2.37. The summed E-state index contributed by atoms with van der Waals surface area (Å²) in [6.07, 6.45) is 0.130. The van der Waals surface area contributed by atoms with Gasteiger partial charge in [0.15, 0.2) is 17.6 Å². The Bertz CT molecular complexity index is 801. The minimum atomic E-state index is -0.565. The Labute approximate surface area is 168 Å². The Balaban J connectivity index is 1.92. The average molecular weight is 386 g/mol. The van der Waals surface area contributed by atoms with Gasteiger partial charge in [0.25, 0.3) is 5.91 Å². The van der Waals surface area contributed by atoms with Crippen LogP contribution in [0.4, 0.5) is 0 Å². The topological polar surface area (TPSA) is 56.8 Å². The second-order valence-electron chi connectivity index (χ2n) is 7.19. The van der Waals surface area contributed by atoms with Crippen molar-refractivity contribution in [2.45, 2.75) is 46.1 Å². The molecule has 2 aromatic rings. The SMILES string of the molecule is COc1ccc(CCNC(=O)[C@H](C)Oc2cc(C)ccc2C(C)C)cc1OC. The summed E-state index contributed by atoms with van der Waals surface area (Å²) in [7, 11) is 3.22. The molecule has 0 radical (unpaired) electrons. The van der Waals surface area contributed by atoms with Gasteiger partial charge in [-0.3, -0.25) is 4.79 Å². The van der Waals surface area contributed by atoms with Crippen molar-refractivity contribution in [3.63, 3.8) is 0 Å². The standard InChI is InChI=1S/C23H31NO4/c1-15(2)19-9-7-16(3)13-21(19)28-17(4)23(25)24-12-11-18-8-10-20(26-5)22(14-18)27-6/h7-10,13-15,17H,11-12H2,1-6H3,(H,24,25)/t17-/m0/s1. The van der Waals surface area contributed by atoms with E-state index in [4.69, 9.17) is 14.2 Å². The monoisotopic (exact) mass is 385 g/mol. The number of carbonyl (C=O) groups excluding carboxylic acids is 1. The van der Waals surface area contributed by atoms with Crippen LogP contribution in [0.25, 0.3) is 0 Å². The van der Waals surface area contributed by atoms with E-state index in [0.717, 1.165) is 22.4 Å². The van der Waals surface area contributed by atoms with Gasteiger partial charge in [-0.25, -0.2) is 0 Å². The molecule has 1 N–H and O–H groups in total. The molecule has 0 bridgehead atoms. The second-order valence-corrected chi connectivity index (χ2v) is 7.19. The van der Waals surface area contributed by atoms with Gasteiger partial charge in [0.2, 0.25) is 0 Å². The number of hydrogen-bond donors (Lipinski definition) is 1. The van der Waals surface area contributed by atoms with Crippen molar-refractivity contribution in [3.8, 4) is 17.2 Å². The van der Waals surface area contributed by atoms with Crippen LogP contribution in [0.5, 0.6) is 17.2 Å². The van der Waals surface area contributed by atoms with E-state index in [2.05, 4.69) is 31.3 Å². The van der Waals surface area contributed by atoms with Gasteiger partial charge >= 0.3 is 0 Å². The number of carbonyl (C=O) groups is 1. The Hall–Kier alpha value is -2.69. The first kappa shape index (κ1) is 21.6. The van der Waals surface area contributed by atoms with Gasteiger partial charge < -0.3 is 19.5 Å². The molecule has 0 heterocycles. The van der Waals surface area contributed by atoms with Crippen molar-refractivity contribution in [2.24, 2.45) is 0 Å². The van der Waals surface area contributed by atoms with E-state index in [1.807, 2.05) is 31.2 Å². The third-order valence-corrected chi connectivity index (χ3v) is 4.62. The lowest BCUT2D eigenvalue weighted by atomic mass is 10.0. The number of rotatable bonds is 9. The smallest absolute Gasteiger partial charge is 0.260 e. The summed E-state index contributed by atoms with van der Waals surface area (Å²) in [6.45, 7) is 8.55. The molecule has 1 atom stereocenters. The maximum absolute atomic E-state index is 12.4. The van der Waals surface area contributed by atoms with E-state index in [-0.39, 0.29) is 5.91 Å². The normalized spacial score (nSPS) is 11.8. The van der Waals surface area contributed by atoms with Gasteiger partial charge in [0, 0.05) is 6.54 Å². The molecule has 0 saturated heterocycles. The van der Waals surface area contributed by atoms with Crippen LogP contribution in [-0.2, 0) is 11.2 Å². The molecule has 0 aliphatic heterocycles. The van der Waals surface area contributed by atoms with Crippen molar-refractivity contribution in [3.05, 3.63) is 53.1 Å². The number of benzene rings is 2. The van der Waals surface area contributed by atoms with Gasteiger partial charge in [-0.1, -0.05) is 32.0 Å². The number of aryl methyl sites for hydroxylation is 1. The lowest BCUT2D eigenvalue weighted by Gasteiger charge is -2.19. The lowest BCUT2D eigenvalue weighted by molar-refractivity contribution is -0.127. The minimum Gasteiger partial charge on any atom is -0.493 e. The Morgan fingerprint density at radius 2 is 1.68 bits per heavy atom. The van der Waals surface area contributed by atoms with Gasteiger partial charge in [0.05, 0.1) is 14.2 Å². The van der Waals surface area contributed by atoms with Gasteiger partial charge in [-0.05, 0) is 61.1 Å². The number of nitrogens with one attached hydrogen (secondary N) is 1. The van der Waals surface area contributed by atoms with Crippen LogP contribution in [-0.4, -0.2) is 32.8 Å². The Morgan fingerprint density at radius 3 is 2.32 bits per heavy atom. The molecule has 0 spiro atoms. The summed E-state index contributed by atoms with van der Waals surface area (Å²) in [5.74, 6) is 2.35. The predicted molar refractivity (Wildman–Crippen MR) is 112 cm³/mol. The fraction of sp³-hybridized carbons (Fsp3) is 0.435. The fourth-order valence-corrected chi connectivity index (χ4v) is 2.97. The van der Waals surface area contributed by atoms with Crippen molar-refractivity contribution < 1.29 is 19.0 Å². The van der Waals surface area contributed by atoms with Crippen LogP contribution in [0.15, 0.2) is 36.4 Å². The number of methoxy groups -OCH3 is 2. The molecule has 5 heteroatoms. The van der Waals surface area contributed by atoms with Crippen molar-refractivity contribution >= 4 is 5.91 Å². The van der Waals surface area contributed by atoms with E-state index < -0.39 is 6.10 Å². The maximum Gasteiger partial charge on any atom is 0.260 e. The number of ether oxygens (including phenoxy) is 3. The number of amides is 1. The van der Waals surface area contributed by atoms with Crippen molar-refractivity contribution in [2.75, 3.05) is 20.8 Å². The van der Waals surface area contributed by atoms with E-state index >= 15 is 0 Å². The van der Waals surface area contributed by atoms with Crippen LogP contribution in [0.2, 0.25) is 0 Å². The molecule has 1 amide bonds. The molecule has 0 aromatic heterocycles. The van der Waals surface area contributed by atoms with E-state index in [1.165, 1.54) is 0 Å². The molecular weight excluding hydrogens is 354 g/mol. The molecular formula is C23H31NO4. The fourth-order valence-electron chi connectivity index (χ4n) is 2.97. The Kier molecular flexibility index (Phi) is 7.73. The molecule has 0 aliphatic rings. The zero-order valence-electron chi connectivity index (χ0n) is 17.7. The van der Waals surface area contributed by atoms with Crippen LogP contribution in [0, 0.1) is 6.92 Å². The zero-order valence-corrected chi connectivity index (χ0v) is 17.7. The maximum atomic E-state index is 12.4. The van der Waals surface area contributed by atoms with Crippen LogP contribution in [0.3, 0.4) is 0 Å². The summed E-state index contributed by atoms with van der Waals surface area (Å²) in [6, 6.07) is 11.9. The largest absolute Gasteiger partial charge is 0.493 e. The summed E-state index contributed by atoms with van der Waals surface area (Å²) in [5.41, 5.74) is 3.28. The van der Waals surface area contributed by atoms with E-state index in [1.54, 1.807) is 21.1 Å². The summed E-state index contributed by atoms with van der Waals surface area (Å²) >= 11 is 0. The first-order valence-corrected chi connectivity index (χ1v) is 9.61. The minimum absolute atomic E-state index is 0.128. The first-order valence-electron chi connectivity index (χ1n) is 9.61. The highest BCUT2D eigenvalue weighted by molar-refractivity contribution is 5.80. The van der Waals surface area contributed by atoms with Crippen molar-refractivity contribution in [1.82, 2.24) is 5.32 Å². The molecule has 2 aromatic carbocycles.